The van der Waals surface area contributed by atoms with Gasteiger partial charge in [0.15, 0.2) is 0 Å². The van der Waals surface area contributed by atoms with Crippen molar-refractivity contribution >= 4 is 27.6 Å². The lowest BCUT2D eigenvalue weighted by molar-refractivity contribution is 0.412. The molecule has 2 N–H and O–H groups in total. The Morgan fingerprint density at radius 1 is 1.04 bits per heavy atom. The number of nitrogens with zero attached hydrogens (tertiary/aromatic N) is 1. The number of hydrogen-bond acceptors (Lipinski definition) is 5. The van der Waals surface area contributed by atoms with Crippen molar-refractivity contribution in [2.75, 3.05) is 11.8 Å². The smallest absolute Gasteiger partial charge is 0.261 e. The zero-order chi connectivity index (χ0) is 20.1. The number of anilines is 1. The molecule has 0 saturated heterocycles. The van der Waals surface area contributed by atoms with E-state index >= 15 is 0 Å². The minimum atomic E-state index is -3.75. The molecule has 0 fully saturated rings. The first kappa shape index (κ1) is 19.4. The largest absolute Gasteiger partial charge is 0.507 e. The van der Waals surface area contributed by atoms with Crippen molar-refractivity contribution in [1.29, 1.82) is 0 Å². The summed E-state index contributed by atoms with van der Waals surface area (Å²) in [6.45, 7) is 1.89. The molecule has 6 nitrogen and oxygen atoms in total. The number of hydrogen-bond donors (Lipinski definition) is 2. The first-order valence-electron chi connectivity index (χ1n) is 8.48. The summed E-state index contributed by atoms with van der Waals surface area (Å²) in [5, 5.41) is 9.98. The zero-order valence-electron chi connectivity index (χ0n) is 15.5. The lowest BCUT2D eigenvalue weighted by Gasteiger charge is -2.10. The summed E-state index contributed by atoms with van der Waals surface area (Å²) >= 11 is 0. The normalized spacial score (nSPS) is 11.5. The van der Waals surface area contributed by atoms with Gasteiger partial charge in [0.2, 0.25) is 0 Å². The average Bonchev–Trinajstić information content (AvgIpc) is 2.68. The highest BCUT2D eigenvalue weighted by molar-refractivity contribution is 7.92. The van der Waals surface area contributed by atoms with E-state index in [0.29, 0.717) is 22.7 Å². The summed E-state index contributed by atoms with van der Waals surface area (Å²) in [5.41, 5.74) is 2.18. The molecule has 0 aromatic heterocycles. The van der Waals surface area contributed by atoms with Gasteiger partial charge in [0, 0.05) is 11.8 Å². The van der Waals surface area contributed by atoms with E-state index in [4.69, 9.17) is 4.74 Å². The predicted molar refractivity (Wildman–Crippen MR) is 110 cm³/mol. The second-order valence-corrected chi connectivity index (χ2v) is 7.80. The molecule has 0 aliphatic rings. The molecule has 0 unspecified atom stereocenters. The first-order valence-corrected chi connectivity index (χ1v) is 9.97. The molecule has 3 rings (SSSR count). The molecule has 0 atom stereocenters. The average molecular weight is 396 g/mol. The van der Waals surface area contributed by atoms with Crippen LogP contribution < -0.4 is 9.46 Å². The molecular weight excluding hydrogens is 376 g/mol. The number of ether oxygens (including phenoxy) is 1. The molecule has 0 radical (unpaired) electrons. The third-order valence-electron chi connectivity index (χ3n) is 4.06. The monoisotopic (exact) mass is 396 g/mol. The molecule has 3 aromatic rings. The quantitative estimate of drug-likeness (QED) is 0.610. The summed E-state index contributed by atoms with van der Waals surface area (Å²) in [6, 6.07) is 18.1. The minimum Gasteiger partial charge on any atom is -0.507 e. The van der Waals surface area contributed by atoms with Crippen molar-refractivity contribution < 1.29 is 18.3 Å². The number of phenolic OH excluding ortho intramolecular Hbond substituents is 1. The van der Waals surface area contributed by atoms with Gasteiger partial charge >= 0.3 is 0 Å². The summed E-state index contributed by atoms with van der Waals surface area (Å²) in [4.78, 5) is 4.51. The van der Waals surface area contributed by atoms with Crippen LogP contribution in [0.4, 0.5) is 11.4 Å². The number of rotatable bonds is 6. The number of methoxy groups -OCH3 is 1. The SMILES string of the molecule is COc1ccc(O)c(C=Nc2ccccc2NS(=O)(=O)c2ccc(C)cc2)c1. The van der Waals surface area contributed by atoms with Crippen molar-refractivity contribution in [3.8, 4) is 11.5 Å². The molecule has 144 valence electrons. The van der Waals surface area contributed by atoms with Crippen LogP contribution >= 0.6 is 0 Å². The van der Waals surface area contributed by atoms with Gasteiger partial charge in [-0.25, -0.2) is 8.42 Å². The van der Waals surface area contributed by atoms with Gasteiger partial charge in [-0.3, -0.25) is 9.71 Å². The summed E-state index contributed by atoms with van der Waals surface area (Å²) in [5.74, 6) is 0.620. The maximum absolute atomic E-state index is 12.7. The number of sulfonamides is 1. The highest BCUT2D eigenvalue weighted by Crippen LogP contribution is 2.28. The maximum atomic E-state index is 12.7. The number of phenols is 1. The molecular formula is C21H20N2O4S. The maximum Gasteiger partial charge on any atom is 0.261 e. The van der Waals surface area contributed by atoms with E-state index in [2.05, 4.69) is 9.71 Å². The topological polar surface area (TPSA) is 88.0 Å². The van der Waals surface area contributed by atoms with Crippen LogP contribution in [0.15, 0.2) is 76.6 Å². The third kappa shape index (κ3) is 4.50. The summed E-state index contributed by atoms with van der Waals surface area (Å²) in [6.07, 6.45) is 1.46. The number of aryl methyl sites for hydroxylation is 1. The molecule has 3 aromatic carbocycles. The van der Waals surface area contributed by atoms with Gasteiger partial charge in [0.05, 0.1) is 23.4 Å². The van der Waals surface area contributed by atoms with Crippen molar-refractivity contribution in [1.82, 2.24) is 0 Å². The standard InChI is InChI=1S/C21H20N2O4S/c1-15-7-10-18(11-8-15)28(25,26)23-20-6-4-3-5-19(20)22-14-16-13-17(27-2)9-12-21(16)24/h3-14,23-24H,1-2H3. The number of aromatic hydroxyl groups is 1. The Morgan fingerprint density at radius 2 is 1.75 bits per heavy atom. The molecule has 28 heavy (non-hydrogen) atoms. The number of aliphatic imine (C=N–C) groups is 1. The van der Waals surface area contributed by atoms with Crippen LogP contribution in [0.25, 0.3) is 0 Å². The second-order valence-electron chi connectivity index (χ2n) is 6.12. The van der Waals surface area contributed by atoms with Crippen LogP contribution in [0.2, 0.25) is 0 Å². The molecule has 0 heterocycles. The van der Waals surface area contributed by atoms with Crippen LogP contribution in [0.1, 0.15) is 11.1 Å². The van der Waals surface area contributed by atoms with Gasteiger partial charge in [-0.2, -0.15) is 0 Å². The molecule has 7 heteroatoms. The third-order valence-corrected chi connectivity index (χ3v) is 5.44. The molecule has 0 amide bonds. The van der Waals surface area contributed by atoms with E-state index < -0.39 is 10.0 Å². The van der Waals surface area contributed by atoms with Crippen molar-refractivity contribution in [2.45, 2.75) is 11.8 Å². The Balaban J connectivity index is 1.90. The fourth-order valence-electron chi connectivity index (χ4n) is 2.50. The Bertz CT molecular complexity index is 1110. The highest BCUT2D eigenvalue weighted by Gasteiger charge is 2.15. The Kier molecular flexibility index (Phi) is 5.65. The summed E-state index contributed by atoms with van der Waals surface area (Å²) < 4.78 is 33.0. The van der Waals surface area contributed by atoms with E-state index in [1.54, 1.807) is 60.7 Å². The number of nitrogens with one attached hydrogen (secondary N) is 1. The van der Waals surface area contributed by atoms with Gasteiger partial charge in [-0.1, -0.05) is 29.8 Å². The lowest BCUT2D eigenvalue weighted by atomic mass is 10.2. The first-order chi connectivity index (χ1) is 13.4. The van der Waals surface area contributed by atoms with Crippen LogP contribution in [-0.4, -0.2) is 26.8 Å². The van der Waals surface area contributed by atoms with E-state index in [-0.39, 0.29) is 10.6 Å². The van der Waals surface area contributed by atoms with Crippen LogP contribution in [0, 0.1) is 6.92 Å². The van der Waals surface area contributed by atoms with Gasteiger partial charge in [0.1, 0.15) is 11.5 Å². The Labute approximate surface area is 164 Å². The summed E-state index contributed by atoms with van der Waals surface area (Å²) in [7, 11) is -2.22. The Hall–Kier alpha value is -3.32. The molecule has 0 spiro atoms. The van der Waals surface area contributed by atoms with Crippen molar-refractivity contribution in [3.05, 3.63) is 77.9 Å². The van der Waals surface area contributed by atoms with Crippen molar-refractivity contribution in [3.63, 3.8) is 0 Å². The number of para-hydroxylation sites is 2. The highest BCUT2D eigenvalue weighted by atomic mass is 32.2. The van der Waals surface area contributed by atoms with E-state index in [0.717, 1.165) is 5.56 Å². The van der Waals surface area contributed by atoms with Crippen molar-refractivity contribution in [2.24, 2.45) is 4.99 Å². The molecule has 0 aliphatic heterocycles. The van der Waals surface area contributed by atoms with Gasteiger partial charge in [-0.05, 0) is 49.4 Å². The van der Waals surface area contributed by atoms with Gasteiger partial charge in [-0.15, -0.1) is 0 Å². The zero-order valence-corrected chi connectivity index (χ0v) is 16.3. The van der Waals surface area contributed by atoms with Crippen LogP contribution in [0.3, 0.4) is 0 Å². The second kappa shape index (κ2) is 8.14. The van der Waals surface area contributed by atoms with E-state index in [1.807, 2.05) is 6.92 Å². The van der Waals surface area contributed by atoms with Crippen LogP contribution in [0.5, 0.6) is 11.5 Å². The van der Waals surface area contributed by atoms with Gasteiger partial charge < -0.3 is 9.84 Å². The Morgan fingerprint density at radius 3 is 2.46 bits per heavy atom. The van der Waals surface area contributed by atoms with E-state index in [9.17, 15) is 13.5 Å². The fourth-order valence-corrected chi connectivity index (χ4v) is 3.57. The molecule has 0 aliphatic carbocycles. The van der Waals surface area contributed by atoms with E-state index in [1.165, 1.54) is 19.4 Å². The molecule has 0 bridgehead atoms. The van der Waals surface area contributed by atoms with Gasteiger partial charge in [0.25, 0.3) is 10.0 Å². The predicted octanol–water partition coefficient (Wildman–Crippen LogP) is 4.26. The fraction of sp³-hybridized carbons (Fsp3) is 0.0952. The van der Waals surface area contributed by atoms with Crippen LogP contribution in [-0.2, 0) is 10.0 Å². The molecule has 0 saturated carbocycles. The number of benzene rings is 3. The minimum absolute atomic E-state index is 0.0438. The lowest BCUT2D eigenvalue weighted by Crippen LogP contribution is -2.13.